The zero-order chi connectivity index (χ0) is 27.7. The number of rotatable bonds is 6. The summed E-state index contributed by atoms with van der Waals surface area (Å²) in [6.45, 7) is 7.02. The summed E-state index contributed by atoms with van der Waals surface area (Å²) in [5, 5.41) is 17.3. The lowest BCUT2D eigenvalue weighted by molar-refractivity contribution is -0.000135. The summed E-state index contributed by atoms with van der Waals surface area (Å²) < 4.78 is 27.5. The summed E-state index contributed by atoms with van der Waals surface area (Å²) in [6, 6.07) is 11.0. The SMILES string of the molecule is CC1CN(c2nc(Nc3ccc4c(c3)cc(OCC3CNCCO3)c(=O)n4C)c(Cl)cc2C#N)CC(C)C1F. The largest absolute Gasteiger partial charge is 0.485 e. The molecular weight excluding hydrogens is 523 g/mol. The number of pyridine rings is 2. The van der Waals surface area contributed by atoms with E-state index in [1.165, 1.54) is 0 Å². The van der Waals surface area contributed by atoms with E-state index < -0.39 is 6.17 Å². The van der Waals surface area contributed by atoms with Crippen LogP contribution < -0.4 is 25.8 Å². The molecule has 0 saturated carbocycles. The predicted molar refractivity (Wildman–Crippen MR) is 150 cm³/mol. The quantitative estimate of drug-likeness (QED) is 0.471. The van der Waals surface area contributed by atoms with Gasteiger partial charge in [-0.05, 0) is 30.3 Å². The monoisotopic (exact) mass is 554 g/mol. The Balaban J connectivity index is 1.43. The minimum absolute atomic E-state index is 0.118. The van der Waals surface area contributed by atoms with Gasteiger partial charge in [0.05, 0.1) is 22.7 Å². The molecule has 3 aromatic rings. The first-order valence-corrected chi connectivity index (χ1v) is 13.5. The lowest BCUT2D eigenvalue weighted by Gasteiger charge is -2.38. The standard InChI is InChI=1S/C28H32ClFN6O3/c1-16-13-36(14-17(2)25(16)30)27-19(11-31)9-22(29)26(34-27)33-20-4-5-23-18(8-20)10-24(28(37)35(23)3)39-15-21-12-32-6-7-38-21/h4-5,8-10,16-17,21,25,32H,6-7,12-15H2,1-3H3,(H,33,34). The van der Waals surface area contributed by atoms with Gasteiger partial charge in [0.15, 0.2) is 11.6 Å². The van der Waals surface area contributed by atoms with Gasteiger partial charge in [-0.2, -0.15) is 5.26 Å². The third-order valence-electron chi connectivity index (χ3n) is 7.36. The number of nitriles is 1. The molecule has 5 rings (SSSR count). The fourth-order valence-corrected chi connectivity index (χ4v) is 5.47. The number of aromatic nitrogens is 2. The van der Waals surface area contributed by atoms with E-state index in [1.807, 2.05) is 36.9 Å². The molecule has 39 heavy (non-hydrogen) atoms. The summed E-state index contributed by atoms with van der Waals surface area (Å²) in [5.74, 6) is 0.745. The third-order valence-corrected chi connectivity index (χ3v) is 7.65. The van der Waals surface area contributed by atoms with Crippen LogP contribution >= 0.6 is 11.6 Å². The number of halogens is 2. The van der Waals surface area contributed by atoms with Gasteiger partial charge in [0.25, 0.3) is 5.56 Å². The number of nitrogens with zero attached hydrogens (tertiary/aromatic N) is 4. The van der Waals surface area contributed by atoms with Gasteiger partial charge < -0.3 is 29.6 Å². The Morgan fingerprint density at radius 2 is 2.05 bits per heavy atom. The second-order valence-corrected chi connectivity index (χ2v) is 10.8. The lowest BCUT2D eigenvalue weighted by atomic mass is 9.89. The van der Waals surface area contributed by atoms with E-state index in [9.17, 15) is 14.4 Å². The van der Waals surface area contributed by atoms with Crippen LogP contribution in [0.3, 0.4) is 0 Å². The Kier molecular flexibility index (Phi) is 7.93. The smallest absolute Gasteiger partial charge is 0.293 e. The number of alkyl halides is 1. The molecule has 1 aromatic carbocycles. The second-order valence-electron chi connectivity index (χ2n) is 10.4. The Bertz CT molecular complexity index is 1460. The molecule has 2 saturated heterocycles. The molecule has 2 fully saturated rings. The number of hydrogen-bond acceptors (Lipinski definition) is 8. The van der Waals surface area contributed by atoms with Crippen molar-refractivity contribution in [3.05, 3.63) is 51.3 Å². The summed E-state index contributed by atoms with van der Waals surface area (Å²) >= 11 is 6.52. The Hall–Kier alpha value is -3.39. The van der Waals surface area contributed by atoms with E-state index in [0.29, 0.717) is 54.2 Å². The molecule has 0 radical (unpaired) electrons. The number of ether oxygens (including phenoxy) is 2. The van der Waals surface area contributed by atoms with Crippen molar-refractivity contribution in [1.82, 2.24) is 14.9 Å². The predicted octanol–water partition coefficient (Wildman–Crippen LogP) is 4.00. The summed E-state index contributed by atoms with van der Waals surface area (Å²) in [7, 11) is 1.71. The van der Waals surface area contributed by atoms with Gasteiger partial charge in [0.1, 0.15) is 30.8 Å². The molecule has 11 heteroatoms. The summed E-state index contributed by atoms with van der Waals surface area (Å²) in [4.78, 5) is 19.5. The molecule has 3 atom stereocenters. The number of aryl methyl sites for hydroxylation is 1. The zero-order valence-electron chi connectivity index (χ0n) is 22.2. The van der Waals surface area contributed by atoms with Crippen molar-refractivity contribution in [2.45, 2.75) is 26.1 Å². The molecule has 3 unspecified atom stereocenters. The van der Waals surface area contributed by atoms with Gasteiger partial charge in [0, 0.05) is 56.1 Å². The zero-order valence-corrected chi connectivity index (χ0v) is 23.0. The van der Waals surface area contributed by atoms with Gasteiger partial charge in [0.2, 0.25) is 0 Å². The van der Waals surface area contributed by atoms with E-state index in [4.69, 9.17) is 26.1 Å². The van der Waals surface area contributed by atoms with Crippen LogP contribution in [-0.4, -0.2) is 61.2 Å². The third kappa shape index (κ3) is 5.66. The average Bonchev–Trinajstić information content (AvgIpc) is 2.94. The van der Waals surface area contributed by atoms with Crippen molar-refractivity contribution < 1.29 is 13.9 Å². The Labute approximate surface area is 231 Å². The number of benzene rings is 1. The second kappa shape index (κ2) is 11.4. The van der Waals surface area contributed by atoms with Crippen LogP contribution in [0, 0.1) is 23.2 Å². The maximum Gasteiger partial charge on any atom is 0.293 e. The van der Waals surface area contributed by atoms with Gasteiger partial charge >= 0.3 is 0 Å². The number of fused-ring (bicyclic) bond motifs is 1. The number of piperidine rings is 1. The van der Waals surface area contributed by atoms with Crippen LogP contribution in [0.15, 0.2) is 35.1 Å². The van der Waals surface area contributed by atoms with Gasteiger partial charge in [-0.25, -0.2) is 9.37 Å². The highest BCUT2D eigenvalue weighted by Gasteiger charge is 2.33. The fraction of sp³-hybridized carbons (Fsp3) is 0.464. The Morgan fingerprint density at radius 3 is 2.74 bits per heavy atom. The highest BCUT2D eigenvalue weighted by Crippen LogP contribution is 2.34. The normalized spacial score (nSPS) is 23.4. The van der Waals surface area contributed by atoms with Crippen molar-refractivity contribution in [2.75, 3.05) is 49.6 Å². The molecule has 9 nitrogen and oxygen atoms in total. The van der Waals surface area contributed by atoms with Crippen LogP contribution in [0.4, 0.5) is 21.7 Å². The first-order valence-electron chi connectivity index (χ1n) is 13.1. The lowest BCUT2D eigenvalue weighted by Crippen LogP contribution is -2.46. The first kappa shape index (κ1) is 27.2. The topological polar surface area (TPSA) is 104 Å². The molecule has 2 N–H and O–H groups in total. The number of anilines is 3. The molecule has 0 spiro atoms. The minimum Gasteiger partial charge on any atom is -0.485 e. The molecule has 0 amide bonds. The highest BCUT2D eigenvalue weighted by molar-refractivity contribution is 6.33. The van der Waals surface area contributed by atoms with E-state index in [2.05, 4.69) is 16.7 Å². The average molecular weight is 555 g/mol. The van der Waals surface area contributed by atoms with E-state index >= 15 is 0 Å². The van der Waals surface area contributed by atoms with Crippen LogP contribution in [0.5, 0.6) is 5.75 Å². The van der Waals surface area contributed by atoms with Gasteiger partial charge in [-0.15, -0.1) is 0 Å². The van der Waals surface area contributed by atoms with Crippen LogP contribution in [0.1, 0.15) is 19.4 Å². The van der Waals surface area contributed by atoms with E-state index in [1.54, 1.807) is 23.7 Å². The van der Waals surface area contributed by atoms with Crippen LogP contribution in [0.25, 0.3) is 10.9 Å². The Morgan fingerprint density at radius 1 is 1.28 bits per heavy atom. The number of nitrogens with one attached hydrogen (secondary N) is 2. The first-order chi connectivity index (χ1) is 18.7. The molecule has 2 aromatic heterocycles. The van der Waals surface area contributed by atoms with Gasteiger partial charge in [-0.1, -0.05) is 25.4 Å². The molecule has 2 aliphatic rings. The maximum atomic E-state index is 14.4. The minimum atomic E-state index is -0.897. The van der Waals surface area contributed by atoms with Crippen molar-refractivity contribution >= 4 is 39.8 Å². The number of hydrogen-bond donors (Lipinski definition) is 2. The van der Waals surface area contributed by atoms with Crippen LogP contribution in [-0.2, 0) is 11.8 Å². The van der Waals surface area contributed by atoms with Crippen molar-refractivity contribution in [3.63, 3.8) is 0 Å². The summed E-state index contributed by atoms with van der Waals surface area (Å²) in [6.07, 6.45) is -1.02. The molecule has 4 heterocycles. The van der Waals surface area contributed by atoms with Crippen molar-refractivity contribution in [1.29, 1.82) is 5.26 Å². The van der Waals surface area contributed by atoms with Gasteiger partial charge in [-0.3, -0.25) is 4.79 Å². The molecular formula is C28H32ClFN6O3. The maximum absolute atomic E-state index is 14.4. The molecule has 2 aliphatic heterocycles. The fourth-order valence-electron chi connectivity index (χ4n) is 5.28. The molecule has 206 valence electrons. The number of morpholine rings is 1. The van der Waals surface area contributed by atoms with Crippen LogP contribution in [0.2, 0.25) is 5.02 Å². The van der Waals surface area contributed by atoms with Crippen molar-refractivity contribution in [3.8, 4) is 11.8 Å². The summed E-state index contributed by atoms with van der Waals surface area (Å²) in [5.41, 5.74) is 1.55. The highest BCUT2D eigenvalue weighted by atomic mass is 35.5. The molecule has 0 aliphatic carbocycles. The van der Waals surface area contributed by atoms with E-state index in [0.717, 1.165) is 17.4 Å². The van der Waals surface area contributed by atoms with E-state index in [-0.39, 0.29) is 35.9 Å². The van der Waals surface area contributed by atoms with Crippen molar-refractivity contribution in [2.24, 2.45) is 18.9 Å². The molecule has 0 bridgehead atoms.